The number of nitrogens with zero attached hydrogens (tertiary/aromatic N) is 1. The third-order valence-corrected chi connectivity index (χ3v) is 4.66. The van der Waals surface area contributed by atoms with Gasteiger partial charge in [0.1, 0.15) is 0 Å². The molecule has 3 rings (SSSR count). The number of carbonyl (C=O) groups is 1. The summed E-state index contributed by atoms with van der Waals surface area (Å²) in [6.45, 7) is 2.90. The molecule has 1 aliphatic heterocycles. The first-order valence-corrected chi connectivity index (χ1v) is 8.54. The fourth-order valence-electron chi connectivity index (χ4n) is 2.57. The fraction of sp³-hybridized carbons (Fsp3) is 0.278. The van der Waals surface area contributed by atoms with Crippen molar-refractivity contribution < 1.29 is 4.79 Å². The quantitative estimate of drug-likeness (QED) is 0.830. The highest BCUT2D eigenvalue weighted by Gasteiger charge is 2.25. The molecule has 2 heterocycles. The lowest BCUT2D eigenvalue weighted by Gasteiger charge is -2.38. The monoisotopic (exact) mass is 312 g/mol. The van der Waals surface area contributed by atoms with Crippen molar-refractivity contribution in [2.24, 2.45) is 0 Å². The van der Waals surface area contributed by atoms with Gasteiger partial charge in [-0.2, -0.15) is 11.3 Å². The van der Waals surface area contributed by atoms with E-state index in [1.54, 1.807) is 17.4 Å². The van der Waals surface area contributed by atoms with E-state index in [9.17, 15) is 4.79 Å². The largest absolute Gasteiger partial charge is 0.351 e. The standard InChI is InChI=1S/C18H20N2OS/c21-18(8-7-15-5-2-1-3-6-15)19-13-17(20-10-4-11-20)16-9-12-22-14-16/h1-3,5-9,12,14,17H,4,10-11,13H2,(H,19,21). The van der Waals surface area contributed by atoms with E-state index in [0.29, 0.717) is 12.6 Å². The summed E-state index contributed by atoms with van der Waals surface area (Å²) in [5.41, 5.74) is 2.34. The number of amides is 1. The lowest BCUT2D eigenvalue weighted by molar-refractivity contribution is -0.116. The zero-order valence-electron chi connectivity index (χ0n) is 12.4. The molecule has 1 aromatic heterocycles. The molecule has 1 aromatic carbocycles. The lowest BCUT2D eigenvalue weighted by Crippen LogP contribution is -2.44. The molecule has 1 fully saturated rings. The highest BCUT2D eigenvalue weighted by Crippen LogP contribution is 2.26. The number of benzene rings is 1. The van der Waals surface area contributed by atoms with Gasteiger partial charge in [0.25, 0.3) is 0 Å². The summed E-state index contributed by atoms with van der Waals surface area (Å²) in [5.74, 6) is -0.0374. The SMILES string of the molecule is O=C(C=Cc1ccccc1)NCC(c1ccsc1)N1CCC1. The Labute approximate surface area is 135 Å². The van der Waals surface area contributed by atoms with Gasteiger partial charge in [-0.1, -0.05) is 30.3 Å². The van der Waals surface area contributed by atoms with Crippen LogP contribution in [0.1, 0.15) is 23.6 Å². The minimum Gasteiger partial charge on any atom is -0.351 e. The molecule has 1 N–H and O–H groups in total. The molecule has 0 aliphatic carbocycles. The third-order valence-electron chi connectivity index (χ3n) is 3.96. The fourth-order valence-corrected chi connectivity index (χ4v) is 3.27. The zero-order chi connectivity index (χ0) is 15.2. The highest BCUT2D eigenvalue weighted by atomic mass is 32.1. The van der Waals surface area contributed by atoms with E-state index in [2.05, 4.69) is 27.0 Å². The molecular weight excluding hydrogens is 292 g/mol. The maximum absolute atomic E-state index is 12.0. The van der Waals surface area contributed by atoms with Crippen molar-refractivity contribution in [1.29, 1.82) is 0 Å². The second kappa shape index (κ2) is 7.38. The van der Waals surface area contributed by atoms with Crippen LogP contribution in [0.5, 0.6) is 0 Å². The highest BCUT2D eigenvalue weighted by molar-refractivity contribution is 7.07. The first-order chi connectivity index (χ1) is 10.8. The van der Waals surface area contributed by atoms with Crippen molar-refractivity contribution in [3.63, 3.8) is 0 Å². The van der Waals surface area contributed by atoms with Crippen molar-refractivity contribution in [2.45, 2.75) is 12.5 Å². The lowest BCUT2D eigenvalue weighted by atomic mass is 10.0. The van der Waals surface area contributed by atoms with Crippen molar-refractivity contribution >= 4 is 23.3 Å². The second-order valence-corrected chi connectivity index (χ2v) is 6.23. The number of hydrogen-bond acceptors (Lipinski definition) is 3. The summed E-state index contributed by atoms with van der Waals surface area (Å²) in [7, 11) is 0. The third kappa shape index (κ3) is 3.84. The normalized spacial score (nSPS) is 16.4. The molecule has 1 aliphatic rings. The Morgan fingerprint density at radius 3 is 2.73 bits per heavy atom. The molecule has 0 spiro atoms. The molecule has 3 nitrogen and oxygen atoms in total. The molecule has 2 aromatic rings. The maximum Gasteiger partial charge on any atom is 0.244 e. The minimum atomic E-state index is -0.0374. The molecule has 4 heteroatoms. The summed E-state index contributed by atoms with van der Waals surface area (Å²) in [6.07, 6.45) is 4.71. The predicted octanol–water partition coefficient (Wildman–Crippen LogP) is 3.32. The number of rotatable bonds is 6. The molecule has 22 heavy (non-hydrogen) atoms. The van der Waals surface area contributed by atoms with E-state index < -0.39 is 0 Å². The summed E-state index contributed by atoms with van der Waals surface area (Å²) >= 11 is 1.71. The number of hydrogen-bond donors (Lipinski definition) is 1. The second-order valence-electron chi connectivity index (χ2n) is 5.45. The van der Waals surface area contributed by atoms with Crippen LogP contribution in [-0.2, 0) is 4.79 Å². The van der Waals surface area contributed by atoms with E-state index in [1.165, 1.54) is 12.0 Å². The van der Waals surface area contributed by atoms with Gasteiger partial charge in [0.05, 0.1) is 6.04 Å². The number of thiophene rings is 1. The van der Waals surface area contributed by atoms with E-state index in [-0.39, 0.29) is 5.91 Å². The van der Waals surface area contributed by atoms with E-state index in [1.807, 2.05) is 36.4 Å². The molecule has 1 saturated heterocycles. The van der Waals surface area contributed by atoms with Gasteiger partial charge in [0.2, 0.25) is 5.91 Å². The Hall–Kier alpha value is -1.91. The van der Waals surface area contributed by atoms with Crippen LogP contribution in [0.3, 0.4) is 0 Å². The number of carbonyl (C=O) groups excluding carboxylic acids is 1. The predicted molar refractivity (Wildman–Crippen MR) is 91.7 cm³/mol. The van der Waals surface area contributed by atoms with Crippen molar-refractivity contribution in [3.8, 4) is 0 Å². The summed E-state index contributed by atoms with van der Waals surface area (Å²) in [6, 6.07) is 12.3. The van der Waals surface area contributed by atoms with Crippen LogP contribution < -0.4 is 5.32 Å². The Bertz CT molecular complexity index is 618. The minimum absolute atomic E-state index is 0.0374. The molecule has 0 bridgehead atoms. The average Bonchev–Trinajstić information content (AvgIpc) is 3.02. The maximum atomic E-state index is 12.0. The van der Waals surface area contributed by atoms with Crippen LogP contribution in [0.2, 0.25) is 0 Å². The molecular formula is C18H20N2OS. The zero-order valence-corrected chi connectivity index (χ0v) is 13.3. The summed E-state index contributed by atoms with van der Waals surface area (Å²) < 4.78 is 0. The van der Waals surface area contributed by atoms with Crippen LogP contribution in [0.25, 0.3) is 6.08 Å². The Morgan fingerprint density at radius 2 is 2.09 bits per heavy atom. The van der Waals surface area contributed by atoms with Crippen molar-refractivity contribution in [2.75, 3.05) is 19.6 Å². The summed E-state index contributed by atoms with van der Waals surface area (Å²) in [5, 5.41) is 7.30. The molecule has 1 amide bonds. The molecule has 114 valence electrons. The van der Waals surface area contributed by atoms with Crippen molar-refractivity contribution in [1.82, 2.24) is 10.2 Å². The van der Waals surface area contributed by atoms with Gasteiger partial charge in [-0.15, -0.1) is 0 Å². The van der Waals surface area contributed by atoms with Gasteiger partial charge >= 0.3 is 0 Å². The Morgan fingerprint density at radius 1 is 1.27 bits per heavy atom. The van der Waals surface area contributed by atoms with Crippen molar-refractivity contribution in [3.05, 3.63) is 64.4 Å². The van der Waals surface area contributed by atoms with Crippen LogP contribution >= 0.6 is 11.3 Å². The van der Waals surface area contributed by atoms with E-state index in [4.69, 9.17) is 0 Å². The number of nitrogens with one attached hydrogen (secondary N) is 1. The van der Waals surface area contributed by atoms with Gasteiger partial charge in [-0.05, 0) is 40.5 Å². The van der Waals surface area contributed by atoms with Gasteiger partial charge in [-0.3, -0.25) is 9.69 Å². The average molecular weight is 312 g/mol. The van der Waals surface area contributed by atoms with Crippen LogP contribution in [0.4, 0.5) is 0 Å². The smallest absolute Gasteiger partial charge is 0.244 e. The van der Waals surface area contributed by atoms with Gasteiger partial charge in [0.15, 0.2) is 0 Å². The first kappa shape index (κ1) is 15.0. The van der Waals surface area contributed by atoms with Crippen LogP contribution in [0.15, 0.2) is 53.2 Å². The van der Waals surface area contributed by atoms with Gasteiger partial charge in [-0.25, -0.2) is 0 Å². The van der Waals surface area contributed by atoms with E-state index >= 15 is 0 Å². The molecule has 1 atom stereocenters. The summed E-state index contributed by atoms with van der Waals surface area (Å²) in [4.78, 5) is 14.4. The van der Waals surface area contributed by atoms with Gasteiger partial charge in [0, 0.05) is 25.7 Å². The molecule has 0 radical (unpaired) electrons. The van der Waals surface area contributed by atoms with Crippen LogP contribution in [-0.4, -0.2) is 30.4 Å². The van der Waals surface area contributed by atoms with Crippen LogP contribution in [0, 0.1) is 0 Å². The molecule has 0 saturated carbocycles. The number of likely N-dealkylation sites (tertiary alicyclic amines) is 1. The Kier molecular flexibility index (Phi) is 5.03. The molecule has 1 unspecified atom stereocenters. The van der Waals surface area contributed by atoms with E-state index in [0.717, 1.165) is 18.7 Å². The van der Waals surface area contributed by atoms with Gasteiger partial charge < -0.3 is 5.32 Å². The Balaban J connectivity index is 1.55. The first-order valence-electron chi connectivity index (χ1n) is 7.60. The topological polar surface area (TPSA) is 32.3 Å².